The summed E-state index contributed by atoms with van der Waals surface area (Å²) in [5, 5.41) is 0. The highest BCUT2D eigenvalue weighted by Gasteiger charge is 1.94. The molecule has 0 saturated carbocycles. The Morgan fingerprint density at radius 3 is 2.55 bits per heavy atom. The van der Waals surface area contributed by atoms with E-state index in [9.17, 15) is 0 Å². The van der Waals surface area contributed by atoms with E-state index in [0.29, 0.717) is 6.04 Å². The van der Waals surface area contributed by atoms with Gasteiger partial charge in [0.2, 0.25) is 0 Å². The van der Waals surface area contributed by atoms with Crippen LogP contribution in [0.2, 0.25) is 0 Å². The summed E-state index contributed by atoms with van der Waals surface area (Å²) < 4.78 is 2.19. The molecule has 1 atom stereocenters. The van der Waals surface area contributed by atoms with Crippen molar-refractivity contribution in [1.29, 1.82) is 0 Å². The third-order valence-corrected chi connectivity index (χ3v) is 1.75. The van der Waals surface area contributed by atoms with E-state index in [2.05, 4.69) is 55.1 Å². The second-order valence-corrected chi connectivity index (χ2v) is 2.71. The highest BCUT2D eigenvalue weighted by atomic mass is 15.0. The summed E-state index contributed by atoms with van der Waals surface area (Å²) in [6.45, 7) is 4.34. The minimum absolute atomic E-state index is 0.491. The highest BCUT2D eigenvalue weighted by molar-refractivity contribution is 4.98. The molecular formula is C10H15N. The van der Waals surface area contributed by atoms with E-state index in [1.54, 1.807) is 0 Å². The standard InChI is InChI=1S/C10H15N/c1-3-4-7-10(2)11-8-5-6-9-11/h4-10H,3H2,1-2H3/b7-4-. The smallest absolute Gasteiger partial charge is 0.0482 e. The van der Waals surface area contributed by atoms with Crippen molar-refractivity contribution >= 4 is 0 Å². The molecule has 1 heterocycles. The van der Waals surface area contributed by atoms with Crippen LogP contribution in [-0.2, 0) is 0 Å². The third kappa shape index (κ3) is 2.26. The molecule has 1 heteroatoms. The van der Waals surface area contributed by atoms with Crippen molar-refractivity contribution < 1.29 is 0 Å². The molecule has 0 N–H and O–H groups in total. The van der Waals surface area contributed by atoms with Gasteiger partial charge in [0.25, 0.3) is 0 Å². The van der Waals surface area contributed by atoms with Crippen LogP contribution in [0, 0.1) is 0 Å². The Morgan fingerprint density at radius 1 is 1.36 bits per heavy atom. The Bertz CT molecular complexity index is 209. The summed E-state index contributed by atoms with van der Waals surface area (Å²) >= 11 is 0. The lowest BCUT2D eigenvalue weighted by Crippen LogP contribution is -1.97. The molecule has 11 heavy (non-hydrogen) atoms. The average Bonchev–Trinajstić information content (AvgIpc) is 2.52. The summed E-state index contributed by atoms with van der Waals surface area (Å²) in [7, 11) is 0. The van der Waals surface area contributed by atoms with Gasteiger partial charge >= 0.3 is 0 Å². The predicted octanol–water partition coefficient (Wildman–Crippen LogP) is 3.02. The minimum Gasteiger partial charge on any atom is -0.348 e. The number of nitrogens with zero attached hydrogens (tertiary/aromatic N) is 1. The van der Waals surface area contributed by atoms with Crippen LogP contribution in [0.25, 0.3) is 0 Å². The van der Waals surface area contributed by atoms with Gasteiger partial charge in [-0.2, -0.15) is 0 Å². The molecule has 1 unspecified atom stereocenters. The van der Waals surface area contributed by atoms with Gasteiger partial charge in [-0.3, -0.25) is 0 Å². The fourth-order valence-electron chi connectivity index (χ4n) is 1.05. The average molecular weight is 149 g/mol. The van der Waals surface area contributed by atoms with Gasteiger partial charge in [-0.25, -0.2) is 0 Å². The molecule has 0 amide bonds. The molecule has 60 valence electrons. The summed E-state index contributed by atoms with van der Waals surface area (Å²) in [6, 6.07) is 4.59. The van der Waals surface area contributed by atoms with E-state index in [4.69, 9.17) is 0 Å². The maximum atomic E-state index is 2.22. The Hall–Kier alpha value is -0.980. The highest BCUT2D eigenvalue weighted by Crippen LogP contribution is 2.06. The van der Waals surface area contributed by atoms with Gasteiger partial charge in [0.05, 0.1) is 0 Å². The second kappa shape index (κ2) is 4.02. The lowest BCUT2D eigenvalue weighted by atomic mass is 10.3. The Morgan fingerprint density at radius 2 is 2.00 bits per heavy atom. The van der Waals surface area contributed by atoms with Crippen LogP contribution in [0.5, 0.6) is 0 Å². The quantitative estimate of drug-likeness (QED) is 0.582. The predicted molar refractivity (Wildman–Crippen MR) is 48.6 cm³/mol. The van der Waals surface area contributed by atoms with Crippen molar-refractivity contribution in [3.05, 3.63) is 36.7 Å². The first-order valence-corrected chi connectivity index (χ1v) is 4.13. The molecule has 0 spiro atoms. The van der Waals surface area contributed by atoms with Crippen LogP contribution in [0.4, 0.5) is 0 Å². The van der Waals surface area contributed by atoms with Gasteiger partial charge in [-0.15, -0.1) is 0 Å². The van der Waals surface area contributed by atoms with Crippen molar-refractivity contribution in [2.24, 2.45) is 0 Å². The molecule has 0 radical (unpaired) electrons. The van der Waals surface area contributed by atoms with Crippen LogP contribution in [0.1, 0.15) is 26.3 Å². The minimum atomic E-state index is 0.491. The first-order chi connectivity index (χ1) is 5.34. The number of rotatable bonds is 3. The zero-order valence-corrected chi connectivity index (χ0v) is 7.20. The summed E-state index contributed by atoms with van der Waals surface area (Å²) in [4.78, 5) is 0. The number of aromatic nitrogens is 1. The molecule has 0 aliphatic rings. The molecule has 0 fully saturated rings. The van der Waals surface area contributed by atoms with Crippen molar-refractivity contribution in [3.8, 4) is 0 Å². The van der Waals surface area contributed by atoms with Crippen molar-refractivity contribution in [3.63, 3.8) is 0 Å². The van der Waals surface area contributed by atoms with Gasteiger partial charge in [0.15, 0.2) is 0 Å². The Balaban J connectivity index is 2.56. The molecule has 0 saturated heterocycles. The summed E-state index contributed by atoms with van der Waals surface area (Å²) in [5.41, 5.74) is 0. The van der Waals surface area contributed by atoms with Crippen molar-refractivity contribution in [1.82, 2.24) is 4.57 Å². The van der Waals surface area contributed by atoms with Gasteiger partial charge in [-0.05, 0) is 25.5 Å². The van der Waals surface area contributed by atoms with E-state index in [-0.39, 0.29) is 0 Å². The van der Waals surface area contributed by atoms with Crippen LogP contribution in [0.15, 0.2) is 36.7 Å². The molecule has 1 aromatic heterocycles. The molecule has 1 rings (SSSR count). The van der Waals surface area contributed by atoms with Crippen LogP contribution < -0.4 is 0 Å². The molecule has 0 aromatic carbocycles. The fourth-order valence-corrected chi connectivity index (χ4v) is 1.05. The lowest BCUT2D eigenvalue weighted by molar-refractivity contribution is 0.663. The van der Waals surface area contributed by atoms with Gasteiger partial charge in [0, 0.05) is 18.4 Å². The van der Waals surface area contributed by atoms with E-state index in [1.165, 1.54) is 0 Å². The molecule has 0 bridgehead atoms. The Labute approximate surface area is 68.4 Å². The van der Waals surface area contributed by atoms with E-state index in [1.807, 2.05) is 0 Å². The first kappa shape index (κ1) is 8.12. The van der Waals surface area contributed by atoms with Crippen LogP contribution >= 0.6 is 0 Å². The summed E-state index contributed by atoms with van der Waals surface area (Å²) in [5.74, 6) is 0. The molecule has 0 aliphatic heterocycles. The van der Waals surface area contributed by atoms with Gasteiger partial charge < -0.3 is 4.57 Å². The van der Waals surface area contributed by atoms with Crippen molar-refractivity contribution in [2.45, 2.75) is 26.3 Å². The lowest BCUT2D eigenvalue weighted by Gasteiger charge is -2.07. The van der Waals surface area contributed by atoms with Gasteiger partial charge in [0.1, 0.15) is 0 Å². The number of hydrogen-bond acceptors (Lipinski definition) is 0. The molecule has 1 aromatic rings. The SMILES string of the molecule is CC/C=C\C(C)n1cccc1. The molecule has 0 aliphatic carbocycles. The first-order valence-electron chi connectivity index (χ1n) is 4.13. The monoisotopic (exact) mass is 149 g/mol. The van der Waals surface area contributed by atoms with Crippen LogP contribution in [0.3, 0.4) is 0 Å². The zero-order valence-electron chi connectivity index (χ0n) is 7.20. The number of allylic oxidation sites excluding steroid dienone is 2. The van der Waals surface area contributed by atoms with E-state index in [0.717, 1.165) is 6.42 Å². The molecule has 1 nitrogen and oxygen atoms in total. The topological polar surface area (TPSA) is 4.93 Å². The largest absolute Gasteiger partial charge is 0.348 e. The third-order valence-electron chi connectivity index (χ3n) is 1.75. The van der Waals surface area contributed by atoms with Crippen LogP contribution in [-0.4, -0.2) is 4.57 Å². The van der Waals surface area contributed by atoms with E-state index >= 15 is 0 Å². The second-order valence-electron chi connectivity index (χ2n) is 2.71. The number of hydrogen-bond donors (Lipinski definition) is 0. The fraction of sp³-hybridized carbons (Fsp3) is 0.400. The summed E-state index contributed by atoms with van der Waals surface area (Å²) in [6.07, 6.45) is 9.71. The molecular weight excluding hydrogens is 134 g/mol. The van der Waals surface area contributed by atoms with Gasteiger partial charge in [-0.1, -0.05) is 19.1 Å². The normalized spacial score (nSPS) is 14.0. The Kier molecular flexibility index (Phi) is 2.96. The van der Waals surface area contributed by atoms with E-state index < -0.39 is 0 Å². The maximum Gasteiger partial charge on any atom is 0.0482 e. The van der Waals surface area contributed by atoms with Crippen molar-refractivity contribution in [2.75, 3.05) is 0 Å². The zero-order chi connectivity index (χ0) is 8.10. The maximum absolute atomic E-state index is 2.22.